The lowest BCUT2D eigenvalue weighted by Gasteiger charge is -2.25. The molecule has 6 nitrogen and oxygen atoms in total. The highest BCUT2D eigenvalue weighted by molar-refractivity contribution is 8.00. The molecule has 0 bridgehead atoms. The van der Waals surface area contributed by atoms with Crippen LogP contribution in [-0.2, 0) is 9.59 Å². The Kier molecular flexibility index (Phi) is 7.38. The van der Waals surface area contributed by atoms with E-state index in [2.05, 4.69) is 0 Å². The lowest BCUT2D eigenvalue weighted by atomic mass is 9.99. The Morgan fingerprint density at radius 1 is 1.00 bits per heavy atom. The maximum atomic E-state index is 13.9. The van der Waals surface area contributed by atoms with E-state index in [-0.39, 0.29) is 35.2 Å². The van der Waals surface area contributed by atoms with Crippen LogP contribution in [0.15, 0.2) is 72.8 Å². The van der Waals surface area contributed by atoms with Crippen LogP contribution >= 0.6 is 23.4 Å². The minimum absolute atomic E-state index is 0.0693. The van der Waals surface area contributed by atoms with Crippen LogP contribution < -0.4 is 4.90 Å². The van der Waals surface area contributed by atoms with E-state index >= 15 is 0 Å². The van der Waals surface area contributed by atoms with Crippen molar-refractivity contribution in [3.05, 3.63) is 100 Å². The van der Waals surface area contributed by atoms with E-state index in [0.29, 0.717) is 29.6 Å². The number of anilines is 1. The highest BCUT2D eigenvalue weighted by Gasteiger charge is 2.38. The SMILES string of the molecule is Cc1ccc(-n2nc(-c3ccc(Cl)cc3)c3c2N(CC(=O)N2CCCC2)C(=O)CS[C@H]3c2ccc(F)cc2)cc1. The Hall–Kier alpha value is -3.62. The molecule has 1 saturated heterocycles. The van der Waals surface area contributed by atoms with Crippen molar-refractivity contribution in [1.82, 2.24) is 14.7 Å². The predicted octanol–water partition coefficient (Wildman–Crippen LogP) is 6.43. The molecule has 0 radical (unpaired) electrons. The summed E-state index contributed by atoms with van der Waals surface area (Å²) in [7, 11) is 0. The minimum Gasteiger partial charge on any atom is -0.341 e. The first-order valence-electron chi connectivity index (χ1n) is 13.3. The van der Waals surface area contributed by atoms with Gasteiger partial charge in [0.1, 0.15) is 18.2 Å². The van der Waals surface area contributed by atoms with E-state index in [1.807, 2.05) is 60.4 Å². The molecule has 204 valence electrons. The van der Waals surface area contributed by atoms with Crippen LogP contribution in [0.5, 0.6) is 0 Å². The van der Waals surface area contributed by atoms with Crippen LogP contribution in [0.3, 0.4) is 0 Å². The average Bonchev–Trinajstić information content (AvgIpc) is 3.60. The Bertz CT molecular complexity index is 1550. The van der Waals surface area contributed by atoms with Gasteiger partial charge >= 0.3 is 0 Å². The molecule has 2 amide bonds. The maximum Gasteiger partial charge on any atom is 0.242 e. The summed E-state index contributed by atoms with van der Waals surface area (Å²) >= 11 is 7.69. The first-order chi connectivity index (χ1) is 19.4. The van der Waals surface area contributed by atoms with Crippen LogP contribution in [0.1, 0.15) is 34.8 Å². The van der Waals surface area contributed by atoms with Gasteiger partial charge in [0.15, 0.2) is 0 Å². The first kappa shape index (κ1) is 26.6. The summed E-state index contributed by atoms with van der Waals surface area (Å²) < 4.78 is 15.7. The molecule has 40 heavy (non-hydrogen) atoms. The van der Waals surface area contributed by atoms with Gasteiger partial charge in [-0.05, 0) is 61.7 Å². The highest BCUT2D eigenvalue weighted by Crippen LogP contribution is 2.48. The van der Waals surface area contributed by atoms with Gasteiger partial charge < -0.3 is 4.90 Å². The predicted molar refractivity (Wildman–Crippen MR) is 158 cm³/mol. The number of nitrogens with zero attached hydrogens (tertiary/aromatic N) is 4. The minimum atomic E-state index is -0.329. The first-order valence-corrected chi connectivity index (χ1v) is 14.7. The molecule has 9 heteroatoms. The number of amides is 2. The van der Waals surface area contributed by atoms with E-state index in [1.54, 1.807) is 21.7 Å². The van der Waals surface area contributed by atoms with Crippen molar-refractivity contribution in [1.29, 1.82) is 0 Å². The summed E-state index contributed by atoms with van der Waals surface area (Å²) in [6, 6.07) is 21.7. The highest BCUT2D eigenvalue weighted by atomic mass is 35.5. The van der Waals surface area contributed by atoms with Crippen LogP contribution in [0.2, 0.25) is 5.02 Å². The molecular formula is C31H28ClFN4O2S. The fourth-order valence-corrected chi connectivity index (χ4v) is 6.63. The molecule has 1 fully saturated rings. The third kappa shape index (κ3) is 5.13. The largest absolute Gasteiger partial charge is 0.341 e. The van der Waals surface area contributed by atoms with Gasteiger partial charge in [-0.3, -0.25) is 14.5 Å². The van der Waals surface area contributed by atoms with E-state index in [4.69, 9.17) is 16.7 Å². The molecule has 3 heterocycles. The van der Waals surface area contributed by atoms with Crippen LogP contribution in [0.25, 0.3) is 16.9 Å². The third-order valence-electron chi connectivity index (χ3n) is 7.41. The molecule has 6 rings (SSSR count). The second kappa shape index (κ2) is 11.1. The molecule has 3 aromatic carbocycles. The van der Waals surface area contributed by atoms with Gasteiger partial charge in [-0.2, -0.15) is 5.10 Å². The molecule has 0 spiro atoms. The van der Waals surface area contributed by atoms with E-state index < -0.39 is 0 Å². The number of likely N-dealkylation sites (tertiary alicyclic amines) is 1. The number of aryl methyl sites for hydroxylation is 1. The number of hydrogen-bond acceptors (Lipinski definition) is 4. The molecule has 2 aliphatic heterocycles. The molecule has 1 aromatic heterocycles. The number of carbonyl (C=O) groups is 2. The van der Waals surface area contributed by atoms with Crippen molar-refractivity contribution < 1.29 is 14.0 Å². The Balaban J connectivity index is 1.60. The number of hydrogen-bond donors (Lipinski definition) is 0. The molecular weight excluding hydrogens is 547 g/mol. The number of carbonyl (C=O) groups excluding carboxylic acids is 2. The zero-order valence-corrected chi connectivity index (χ0v) is 23.6. The molecule has 0 unspecified atom stereocenters. The summed E-state index contributed by atoms with van der Waals surface area (Å²) in [6.07, 6.45) is 1.94. The molecule has 0 N–H and O–H groups in total. The van der Waals surface area contributed by atoms with E-state index in [9.17, 15) is 14.0 Å². The molecule has 1 atom stereocenters. The summed E-state index contributed by atoms with van der Waals surface area (Å²) in [5.41, 5.74) is 5.04. The molecule has 0 saturated carbocycles. The lowest BCUT2D eigenvalue weighted by molar-refractivity contribution is -0.130. The number of fused-ring (bicyclic) bond motifs is 1. The van der Waals surface area contributed by atoms with Gasteiger partial charge in [0, 0.05) is 29.2 Å². The quantitative estimate of drug-likeness (QED) is 0.275. The van der Waals surface area contributed by atoms with Gasteiger partial charge in [-0.15, -0.1) is 11.8 Å². The summed E-state index contributed by atoms with van der Waals surface area (Å²) in [5, 5.41) is 5.36. The Morgan fingerprint density at radius 2 is 1.68 bits per heavy atom. The Labute approximate surface area is 241 Å². The summed E-state index contributed by atoms with van der Waals surface area (Å²) in [6.45, 7) is 3.35. The third-order valence-corrected chi connectivity index (χ3v) is 8.92. The zero-order valence-electron chi connectivity index (χ0n) is 22.0. The van der Waals surface area contributed by atoms with Crippen molar-refractivity contribution >= 4 is 41.0 Å². The molecule has 4 aromatic rings. The van der Waals surface area contributed by atoms with Crippen molar-refractivity contribution in [2.45, 2.75) is 25.0 Å². The van der Waals surface area contributed by atoms with Gasteiger partial charge in [-0.25, -0.2) is 9.07 Å². The van der Waals surface area contributed by atoms with Crippen LogP contribution in [0.4, 0.5) is 10.2 Å². The van der Waals surface area contributed by atoms with E-state index in [1.165, 1.54) is 23.9 Å². The number of aromatic nitrogens is 2. The van der Waals surface area contributed by atoms with Crippen LogP contribution in [-0.4, -0.2) is 51.9 Å². The lowest BCUT2D eigenvalue weighted by Crippen LogP contribution is -2.43. The zero-order chi connectivity index (χ0) is 27.8. The average molecular weight is 575 g/mol. The number of thioether (sulfide) groups is 1. The van der Waals surface area contributed by atoms with Crippen molar-refractivity contribution in [3.8, 4) is 16.9 Å². The summed E-state index contributed by atoms with van der Waals surface area (Å²) in [5.74, 6) is 0.152. The number of rotatable bonds is 5. The fraction of sp³-hybridized carbons (Fsp3) is 0.258. The smallest absolute Gasteiger partial charge is 0.242 e. The maximum absolute atomic E-state index is 13.9. The number of halogens is 2. The molecule has 0 aliphatic carbocycles. The second-order valence-corrected chi connectivity index (χ2v) is 11.7. The van der Waals surface area contributed by atoms with Gasteiger partial charge in [-0.1, -0.05) is 53.6 Å². The van der Waals surface area contributed by atoms with Crippen molar-refractivity contribution in [2.75, 3.05) is 30.3 Å². The van der Waals surface area contributed by atoms with Gasteiger partial charge in [0.25, 0.3) is 0 Å². The monoisotopic (exact) mass is 574 g/mol. The standard InChI is InChI=1S/C31H28ClFN4O2S/c1-20-4-14-25(15-5-20)37-31-28(29(34-37)21-6-10-23(32)11-7-21)30(22-8-12-24(33)13-9-22)40-19-27(39)36(31)18-26(38)35-16-2-3-17-35/h4-15,30H,2-3,16-19H2,1H3/t30-/m0/s1. The molecule has 2 aliphatic rings. The normalized spacial score (nSPS) is 17.2. The second-order valence-electron chi connectivity index (χ2n) is 10.2. The van der Waals surface area contributed by atoms with Crippen LogP contribution in [0, 0.1) is 12.7 Å². The van der Waals surface area contributed by atoms with Crippen molar-refractivity contribution in [2.24, 2.45) is 0 Å². The topological polar surface area (TPSA) is 58.4 Å². The van der Waals surface area contributed by atoms with Crippen molar-refractivity contribution in [3.63, 3.8) is 0 Å². The van der Waals surface area contributed by atoms with E-state index in [0.717, 1.165) is 40.8 Å². The van der Waals surface area contributed by atoms with Gasteiger partial charge in [0.05, 0.1) is 22.4 Å². The fourth-order valence-electron chi connectivity index (χ4n) is 5.31. The Morgan fingerprint density at radius 3 is 2.35 bits per heavy atom. The number of benzene rings is 3. The van der Waals surface area contributed by atoms with Gasteiger partial charge in [0.2, 0.25) is 11.8 Å². The summed E-state index contributed by atoms with van der Waals surface area (Å²) in [4.78, 5) is 30.6.